The SMILES string of the molecule is CCN(CC)CCNC(=O)C1CCN(c2nc(C)cc(C)n2)CC1. The number of likely N-dealkylation sites (N-methyl/N-ethyl adjacent to an activating group) is 1. The minimum atomic E-state index is 0.115. The highest BCUT2D eigenvalue weighted by Crippen LogP contribution is 2.21. The van der Waals surface area contributed by atoms with Gasteiger partial charge in [0.1, 0.15) is 0 Å². The summed E-state index contributed by atoms with van der Waals surface area (Å²) in [4.78, 5) is 25.9. The summed E-state index contributed by atoms with van der Waals surface area (Å²) in [7, 11) is 0. The lowest BCUT2D eigenvalue weighted by Gasteiger charge is -2.31. The third-order valence-electron chi connectivity index (χ3n) is 4.74. The Bertz CT molecular complexity index is 516. The van der Waals surface area contributed by atoms with Gasteiger partial charge in [0.2, 0.25) is 11.9 Å². The van der Waals surface area contributed by atoms with Crippen molar-refractivity contribution < 1.29 is 4.79 Å². The van der Waals surface area contributed by atoms with Crippen molar-refractivity contribution in [2.75, 3.05) is 44.2 Å². The predicted molar refractivity (Wildman–Crippen MR) is 97.2 cm³/mol. The zero-order valence-corrected chi connectivity index (χ0v) is 15.5. The first-order valence-corrected chi connectivity index (χ1v) is 9.10. The lowest BCUT2D eigenvalue weighted by Crippen LogP contribution is -2.43. The molecule has 1 aliphatic rings. The molecule has 0 spiro atoms. The maximum atomic E-state index is 12.3. The van der Waals surface area contributed by atoms with Crippen LogP contribution < -0.4 is 10.2 Å². The van der Waals surface area contributed by atoms with E-state index < -0.39 is 0 Å². The van der Waals surface area contributed by atoms with Crippen molar-refractivity contribution in [3.05, 3.63) is 17.5 Å². The van der Waals surface area contributed by atoms with Gasteiger partial charge >= 0.3 is 0 Å². The van der Waals surface area contributed by atoms with Crippen LogP contribution in [0.1, 0.15) is 38.1 Å². The van der Waals surface area contributed by atoms with Gasteiger partial charge in [0.15, 0.2) is 0 Å². The smallest absolute Gasteiger partial charge is 0.225 e. The number of aryl methyl sites for hydroxylation is 2. The van der Waals surface area contributed by atoms with E-state index in [4.69, 9.17) is 0 Å². The summed E-state index contributed by atoms with van der Waals surface area (Å²) in [5.41, 5.74) is 1.99. The van der Waals surface area contributed by atoms with E-state index in [0.29, 0.717) is 0 Å². The van der Waals surface area contributed by atoms with Gasteiger partial charge in [-0.2, -0.15) is 0 Å². The van der Waals surface area contributed by atoms with Gasteiger partial charge in [0.25, 0.3) is 0 Å². The van der Waals surface area contributed by atoms with Crippen molar-refractivity contribution in [2.24, 2.45) is 5.92 Å². The Kier molecular flexibility index (Phi) is 6.97. The van der Waals surface area contributed by atoms with Crippen molar-refractivity contribution in [1.29, 1.82) is 0 Å². The van der Waals surface area contributed by atoms with Gasteiger partial charge in [-0.05, 0) is 45.8 Å². The van der Waals surface area contributed by atoms with Gasteiger partial charge in [-0.25, -0.2) is 9.97 Å². The minimum Gasteiger partial charge on any atom is -0.355 e. The molecule has 1 saturated heterocycles. The lowest BCUT2D eigenvalue weighted by molar-refractivity contribution is -0.125. The monoisotopic (exact) mass is 333 g/mol. The minimum absolute atomic E-state index is 0.115. The fraction of sp³-hybridized carbons (Fsp3) is 0.722. The van der Waals surface area contributed by atoms with Crippen molar-refractivity contribution in [1.82, 2.24) is 20.2 Å². The van der Waals surface area contributed by atoms with Crippen molar-refractivity contribution in [3.63, 3.8) is 0 Å². The van der Waals surface area contributed by atoms with E-state index >= 15 is 0 Å². The van der Waals surface area contributed by atoms with Crippen LogP contribution in [0.4, 0.5) is 5.95 Å². The summed E-state index contributed by atoms with van der Waals surface area (Å²) in [5, 5.41) is 3.09. The van der Waals surface area contributed by atoms with E-state index in [1.807, 2.05) is 19.9 Å². The van der Waals surface area contributed by atoms with Crippen molar-refractivity contribution in [2.45, 2.75) is 40.5 Å². The summed E-state index contributed by atoms with van der Waals surface area (Å²) in [6, 6.07) is 1.99. The van der Waals surface area contributed by atoms with Gasteiger partial charge < -0.3 is 15.1 Å². The number of carbonyl (C=O) groups excluding carboxylic acids is 1. The van der Waals surface area contributed by atoms with Crippen LogP contribution in [0.15, 0.2) is 6.07 Å². The highest BCUT2D eigenvalue weighted by atomic mass is 16.1. The Morgan fingerprint density at radius 3 is 2.33 bits per heavy atom. The first-order chi connectivity index (χ1) is 11.5. The molecule has 0 unspecified atom stereocenters. The number of nitrogens with one attached hydrogen (secondary N) is 1. The molecule has 1 aromatic heterocycles. The Morgan fingerprint density at radius 2 is 1.79 bits per heavy atom. The van der Waals surface area contributed by atoms with E-state index in [2.05, 4.69) is 38.9 Å². The molecule has 0 atom stereocenters. The number of hydrogen-bond acceptors (Lipinski definition) is 5. The molecule has 2 heterocycles. The molecule has 24 heavy (non-hydrogen) atoms. The van der Waals surface area contributed by atoms with Gasteiger partial charge in [0.05, 0.1) is 0 Å². The number of aromatic nitrogens is 2. The summed E-state index contributed by atoms with van der Waals surface area (Å²) in [5.74, 6) is 1.11. The fourth-order valence-electron chi connectivity index (χ4n) is 3.21. The maximum Gasteiger partial charge on any atom is 0.225 e. The standard InChI is InChI=1S/C18H31N5O/c1-5-22(6-2)12-9-19-17(24)16-7-10-23(11-8-16)18-20-14(3)13-15(4)21-18/h13,16H,5-12H2,1-4H3,(H,19,24). The Labute approximate surface area is 145 Å². The molecule has 1 N–H and O–H groups in total. The number of rotatable bonds is 7. The average Bonchev–Trinajstić information content (AvgIpc) is 2.58. The van der Waals surface area contributed by atoms with Gasteiger partial charge in [-0.1, -0.05) is 13.8 Å². The van der Waals surface area contributed by atoms with Gasteiger partial charge in [-0.3, -0.25) is 4.79 Å². The molecule has 134 valence electrons. The van der Waals surface area contributed by atoms with E-state index in [0.717, 1.165) is 69.4 Å². The number of nitrogens with zero attached hydrogens (tertiary/aromatic N) is 4. The molecular weight excluding hydrogens is 302 g/mol. The zero-order chi connectivity index (χ0) is 17.5. The van der Waals surface area contributed by atoms with E-state index in [-0.39, 0.29) is 11.8 Å². The molecule has 1 fully saturated rings. The number of piperidine rings is 1. The van der Waals surface area contributed by atoms with Gasteiger partial charge in [0, 0.05) is 43.5 Å². The topological polar surface area (TPSA) is 61.4 Å². The Balaban J connectivity index is 1.78. The number of anilines is 1. The number of amides is 1. The molecule has 0 aliphatic carbocycles. The van der Waals surface area contributed by atoms with Crippen LogP contribution in [0.25, 0.3) is 0 Å². The van der Waals surface area contributed by atoms with Gasteiger partial charge in [-0.15, -0.1) is 0 Å². The molecular formula is C18H31N5O. The summed E-state index contributed by atoms with van der Waals surface area (Å²) in [6.07, 6.45) is 1.74. The Hall–Kier alpha value is -1.69. The second-order valence-corrected chi connectivity index (χ2v) is 6.53. The fourth-order valence-corrected chi connectivity index (χ4v) is 3.21. The first-order valence-electron chi connectivity index (χ1n) is 9.10. The molecule has 1 amide bonds. The second kappa shape index (κ2) is 8.97. The molecule has 0 aromatic carbocycles. The zero-order valence-electron chi connectivity index (χ0n) is 15.5. The van der Waals surface area contributed by atoms with Crippen LogP contribution in [0.2, 0.25) is 0 Å². The molecule has 1 aliphatic heterocycles. The van der Waals surface area contributed by atoms with Crippen LogP contribution in [0.5, 0.6) is 0 Å². The third-order valence-corrected chi connectivity index (χ3v) is 4.74. The third kappa shape index (κ3) is 5.16. The van der Waals surface area contributed by atoms with Crippen LogP contribution in [0, 0.1) is 19.8 Å². The summed E-state index contributed by atoms with van der Waals surface area (Å²) >= 11 is 0. The van der Waals surface area contributed by atoms with Crippen LogP contribution in [-0.4, -0.2) is 60.0 Å². The molecule has 2 rings (SSSR count). The number of carbonyl (C=O) groups is 1. The van der Waals surface area contributed by atoms with E-state index in [1.165, 1.54) is 0 Å². The number of hydrogen-bond donors (Lipinski definition) is 1. The summed E-state index contributed by atoms with van der Waals surface area (Å²) in [6.45, 7) is 13.7. The van der Waals surface area contributed by atoms with Crippen LogP contribution in [-0.2, 0) is 4.79 Å². The van der Waals surface area contributed by atoms with Crippen LogP contribution in [0.3, 0.4) is 0 Å². The molecule has 6 nitrogen and oxygen atoms in total. The normalized spacial score (nSPS) is 15.8. The Morgan fingerprint density at radius 1 is 1.21 bits per heavy atom. The lowest BCUT2D eigenvalue weighted by atomic mass is 9.96. The van der Waals surface area contributed by atoms with E-state index in [1.54, 1.807) is 0 Å². The highest BCUT2D eigenvalue weighted by molar-refractivity contribution is 5.78. The molecule has 0 saturated carbocycles. The van der Waals surface area contributed by atoms with Crippen LogP contribution >= 0.6 is 0 Å². The molecule has 0 radical (unpaired) electrons. The molecule has 1 aromatic rings. The largest absolute Gasteiger partial charge is 0.355 e. The molecule has 6 heteroatoms. The average molecular weight is 333 g/mol. The first kappa shape index (κ1) is 18.6. The molecule has 0 bridgehead atoms. The summed E-state index contributed by atoms with van der Waals surface area (Å²) < 4.78 is 0. The second-order valence-electron chi connectivity index (χ2n) is 6.53. The van der Waals surface area contributed by atoms with E-state index in [9.17, 15) is 4.79 Å². The maximum absolute atomic E-state index is 12.3. The predicted octanol–water partition coefficient (Wildman–Crippen LogP) is 1.77. The van der Waals surface area contributed by atoms with Crippen molar-refractivity contribution >= 4 is 11.9 Å². The highest BCUT2D eigenvalue weighted by Gasteiger charge is 2.26. The van der Waals surface area contributed by atoms with Crippen molar-refractivity contribution in [3.8, 4) is 0 Å². The quantitative estimate of drug-likeness (QED) is 0.824.